The average molecular weight is 346 g/mol. The minimum Gasteiger partial charge on any atom is -0.345 e. The monoisotopic (exact) mass is 346 g/mol. The molecule has 0 radical (unpaired) electrons. The molecular weight excluding hydrogens is 328 g/mol. The van der Waals surface area contributed by atoms with Crippen LogP contribution in [0.4, 0.5) is 0 Å². The highest BCUT2D eigenvalue weighted by Gasteiger charge is 2.19. The van der Waals surface area contributed by atoms with Gasteiger partial charge in [0.2, 0.25) is 5.91 Å². The van der Waals surface area contributed by atoms with Gasteiger partial charge < -0.3 is 5.32 Å². The Morgan fingerprint density at radius 2 is 2.26 bits per heavy atom. The van der Waals surface area contributed by atoms with Crippen molar-refractivity contribution in [3.63, 3.8) is 0 Å². The molecule has 3 rings (SSSR count). The third kappa shape index (κ3) is 4.27. The van der Waals surface area contributed by atoms with Crippen molar-refractivity contribution >= 4 is 28.6 Å². The third-order valence-corrected chi connectivity index (χ3v) is 5.17. The number of carbonyl (C=O) groups excluding carboxylic acids is 1. The number of nitrogens with one attached hydrogen (secondary N) is 1. The van der Waals surface area contributed by atoms with Crippen LogP contribution in [0.1, 0.15) is 27.9 Å². The number of carbonyl (C=O) groups is 1. The fourth-order valence-electron chi connectivity index (χ4n) is 2.32. The van der Waals surface area contributed by atoms with Crippen molar-refractivity contribution in [2.45, 2.75) is 32.9 Å². The summed E-state index contributed by atoms with van der Waals surface area (Å²) < 4.78 is 1.65. The van der Waals surface area contributed by atoms with Crippen LogP contribution >= 0.6 is 22.7 Å². The fourth-order valence-corrected chi connectivity index (χ4v) is 3.85. The first kappa shape index (κ1) is 15.9. The first-order valence-electron chi connectivity index (χ1n) is 7.31. The lowest BCUT2D eigenvalue weighted by Gasteiger charge is -2.16. The molecule has 0 spiro atoms. The van der Waals surface area contributed by atoms with E-state index in [4.69, 9.17) is 0 Å². The molecule has 1 amide bonds. The highest BCUT2D eigenvalue weighted by atomic mass is 32.1. The molecule has 120 valence electrons. The quantitative estimate of drug-likeness (QED) is 0.746. The van der Waals surface area contributed by atoms with Crippen LogP contribution in [-0.4, -0.2) is 20.7 Å². The minimum atomic E-state index is -0.104. The van der Waals surface area contributed by atoms with E-state index in [9.17, 15) is 4.79 Å². The van der Waals surface area contributed by atoms with E-state index in [2.05, 4.69) is 26.8 Å². The summed E-state index contributed by atoms with van der Waals surface area (Å²) in [4.78, 5) is 16.9. The summed E-state index contributed by atoms with van der Waals surface area (Å²) in [5.41, 5.74) is 3.24. The van der Waals surface area contributed by atoms with E-state index in [-0.39, 0.29) is 18.5 Å². The maximum atomic E-state index is 12.3. The molecule has 23 heavy (non-hydrogen) atoms. The lowest BCUT2D eigenvalue weighted by atomic mass is 10.1. The van der Waals surface area contributed by atoms with E-state index in [1.165, 1.54) is 5.56 Å². The van der Waals surface area contributed by atoms with Gasteiger partial charge in [0.05, 0.1) is 12.2 Å². The Balaban J connectivity index is 1.71. The molecule has 5 nitrogen and oxygen atoms in total. The van der Waals surface area contributed by atoms with Gasteiger partial charge in [0.1, 0.15) is 11.6 Å². The molecular formula is C16H18N4OS2. The van der Waals surface area contributed by atoms with Crippen molar-refractivity contribution in [1.29, 1.82) is 0 Å². The standard InChI is InChI=1S/C16H18N4OS2/c1-11-6-17-20(7-11)8-15(21)19-14(5-13-3-4-22-10-13)16-18-12(2)9-23-16/h3-4,6-7,9-10,14H,5,8H2,1-2H3,(H,19,21)/t14-/m1/s1. The molecule has 0 unspecified atom stereocenters. The molecule has 1 atom stereocenters. The average Bonchev–Trinajstić information content (AvgIpc) is 3.22. The summed E-state index contributed by atoms with van der Waals surface area (Å²) in [6.07, 6.45) is 4.36. The predicted octanol–water partition coefficient (Wildman–Crippen LogP) is 3.12. The van der Waals surface area contributed by atoms with Crippen LogP contribution < -0.4 is 5.32 Å². The Morgan fingerprint density at radius 3 is 2.87 bits per heavy atom. The van der Waals surface area contributed by atoms with Crippen LogP contribution in [0.5, 0.6) is 0 Å². The van der Waals surface area contributed by atoms with E-state index >= 15 is 0 Å². The molecule has 0 aromatic carbocycles. The van der Waals surface area contributed by atoms with Crippen molar-refractivity contribution < 1.29 is 4.79 Å². The van der Waals surface area contributed by atoms with Crippen LogP contribution in [0.15, 0.2) is 34.6 Å². The van der Waals surface area contributed by atoms with Gasteiger partial charge in [0, 0.05) is 23.7 Å². The molecule has 0 aliphatic carbocycles. The topological polar surface area (TPSA) is 59.8 Å². The maximum absolute atomic E-state index is 12.3. The van der Waals surface area contributed by atoms with Crippen LogP contribution in [0, 0.1) is 13.8 Å². The van der Waals surface area contributed by atoms with Gasteiger partial charge in [-0.1, -0.05) is 0 Å². The zero-order valence-corrected chi connectivity index (χ0v) is 14.7. The maximum Gasteiger partial charge on any atom is 0.242 e. The molecule has 3 aromatic rings. The second-order valence-electron chi connectivity index (χ2n) is 5.50. The second-order valence-corrected chi connectivity index (χ2v) is 7.17. The number of amides is 1. The van der Waals surface area contributed by atoms with E-state index in [1.807, 2.05) is 30.8 Å². The Bertz CT molecular complexity index is 776. The van der Waals surface area contributed by atoms with Crippen molar-refractivity contribution in [3.05, 3.63) is 56.4 Å². The molecule has 0 aliphatic rings. The summed E-state index contributed by atoms with van der Waals surface area (Å²) in [6, 6.07) is 1.98. The molecule has 3 heterocycles. The van der Waals surface area contributed by atoms with Gasteiger partial charge in [-0.25, -0.2) is 4.98 Å². The number of nitrogens with zero attached hydrogens (tertiary/aromatic N) is 3. The SMILES string of the molecule is Cc1cnn(CC(=O)N[C@H](Cc2ccsc2)c2nc(C)cs2)c1. The first-order valence-corrected chi connectivity index (χ1v) is 9.14. The van der Waals surface area contributed by atoms with Crippen LogP contribution in [0.3, 0.4) is 0 Å². The molecule has 3 aromatic heterocycles. The lowest BCUT2D eigenvalue weighted by Crippen LogP contribution is -2.32. The van der Waals surface area contributed by atoms with Crippen molar-refractivity contribution in [2.75, 3.05) is 0 Å². The van der Waals surface area contributed by atoms with Gasteiger partial charge in [-0.2, -0.15) is 16.4 Å². The second kappa shape index (κ2) is 7.06. The summed E-state index contributed by atoms with van der Waals surface area (Å²) in [5.74, 6) is -0.0545. The molecule has 0 saturated heterocycles. The van der Waals surface area contributed by atoms with Gasteiger partial charge in [-0.15, -0.1) is 11.3 Å². The highest BCUT2D eigenvalue weighted by molar-refractivity contribution is 7.09. The lowest BCUT2D eigenvalue weighted by molar-refractivity contribution is -0.122. The van der Waals surface area contributed by atoms with E-state index in [0.29, 0.717) is 0 Å². The molecule has 0 aliphatic heterocycles. The Labute approximate surface area is 143 Å². The number of hydrogen-bond donors (Lipinski definition) is 1. The fraction of sp³-hybridized carbons (Fsp3) is 0.312. The van der Waals surface area contributed by atoms with E-state index < -0.39 is 0 Å². The largest absolute Gasteiger partial charge is 0.345 e. The van der Waals surface area contributed by atoms with E-state index in [0.717, 1.165) is 22.7 Å². The van der Waals surface area contributed by atoms with Gasteiger partial charge in [0.25, 0.3) is 0 Å². The zero-order chi connectivity index (χ0) is 16.2. The number of aryl methyl sites for hydroxylation is 2. The van der Waals surface area contributed by atoms with E-state index in [1.54, 1.807) is 33.6 Å². The number of rotatable bonds is 6. The van der Waals surface area contributed by atoms with Crippen LogP contribution in [0.25, 0.3) is 0 Å². The zero-order valence-electron chi connectivity index (χ0n) is 13.0. The molecule has 1 N–H and O–H groups in total. The van der Waals surface area contributed by atoms with Gasteiger partial charge in [0.15, 0.2) is 0 Å². The Kier molecular flexibility index (Phi) is 4.88. The minimum absolute atomic E-state index is 0.0545. The number of hydrogen-bond acceptors (Lipinski definition) is 5. The van der Waals surface area contributed by atoms with Gasteiger partial charge in [-0.3, -0.25) is 9.48 Å². The van der Waals surface area contributed by atoms with Crippen molar-refractivity contribution in [3.8, 4) is 0 Å². The number of thiazole rings is 1. The normalized spacial score (nSPS) is 12.3. The number of aromatic nitrogens is 3. The molecule has 0 bridgehead atoms. The summed E-state index contributed by atoms with van der Waals surface area (Å²) in [7, 11) is 0. The molecule has 0 saturated carbocycles. The third-order valence-electron chi connectivity index (χ3n) is 3.36. The summed E-state index contributed by atoms with van der Waals surface area (Å²) in [6.45, 7) is 4.15. The molecule has 7 heteroatoms. The van der Waals surface area contributed by atoms with Crippen LogP contribution in [-0.2, 0) is 17.8 Å². The Hall–Kier alpha value is -1.99. The van der Waals surface area contributed by atoms with Gasteiger partial charge in [-0.05, 0) is 41.8 Å². The summed E-state index contributed by atoms with van der Waals surface area (Å²) in [5, 5.41) is 14.4. The Morgan fingerprint density at radius 1 is 1.39 bits per heavy atom. The smallest absolute Gasteiger partial charge is 0.242 e. The molecule has 0 fully saturated rings. The van der Waals surface area contributed by atoms with Crippen molar-refractivity contribution in [2.24, 2.45) is 0 Å². The highest BCUT2D eigenvalue weighted by Crippen LogP contribution is 2.23. The van der Waals surface area contributed by atoms with Crippen LogP contribution in [0.2, 0.25) is 0 Å². The van der Waals surface area contributed by atoms with Crippen molar-refractivity contribution in [1.82, 2.24) is 20.1 Å². The summed E-state index contributed by atoms with van der Waals surface area (Å²) >= 11 is 3.25. The van der Waals surface area contributed by atoms with Gasteiger partial charge >= 0.3 is 0 Å². The number of thiophene rings is 1. The first-order chi connectivity index (χ1) is 11.1. The predicted molar refractivity (Wildman–Crippen MR) is 92.7 cm³/mol.